The maximum atomic E-state index is 6.01. The molecule has 0 unspecified atom stereocenters. The van der Waals surface area contributed by atoms with Crippen molar-refractivity contribution in [3.8, 4) is 0 Å². The van der Waals surface area contributed by atoms with E-state index < -0.39 is 0 Å². The van der Waals surface area contributed by atoms with E-state index in [9.17, 15) is 0 Å². The molecular formula is C13H20Cl2N2. The van der Waals surface area contributed by atoms with Gasteiger partial charge in [0, 0.05) is 17.6 Å². The molecule has 0 saturated carbocycles. The number of aryl methyl sites for hydroxylation is 1. The molecule has 4 heteroatoms. The van der Waals surface area contributed by atoms with Crippen molar-refractivity contribution in [2.75, 3.05) is 13.1 Å². The van der Waals surface area contributed by atoms with E-state index in [0.717, 1.165) is 43.1 Å². The summed E-state index contributed by atoms with van der Waals surface area (Å²) < 4.78 is 0. The van der Waals surface area contributed by atoms with E-state index >= 15 is 0 Å². The van der Waals surface area contributed by atoms with Crippen LogP contribution in [0.4, 0.5) is 0 Å². The van der Waals surface area contributed by atoms with Crippen LogP contribution in [0.15, 0.2) is 18.2 Å². The van der Waals surface area contributed by atoms with Gasteiger partial charge in [-0.3, -0.25) is 4.90 Å². The highest BCUT2D eigenvalue weighted by atomic mass is 35.5. The lowest BCUT2D eigenvalue weighted by molar-refractivity contribution is 0.205. The first-order valence-electron chi connectivity index (χ1n) is 5.88. The van der Waals surface area contributed by atoms with Gasteiger partial charge in [0.25, 0.3) is 0 Å². The SMILES string of the molecule is Cc1cc(CN2CCC(N)CC2)ccc1Cl.Cl. The highest BCUT2D eigenvalue weighted by molar-refractivity contribution is 6.31. The predicted molar refractivity (Wildman–Crippen MR) is 75.9 cm³/mol. The topological polar surface area (TPSA) is 29.3 Å². The van der Waals surface area contributed by atoms with Crippen LogP contribution in [-0.2, 0) is 6.54 Å². The fourth-order valence-electron chi connectivity index (χ4n) is 2.17. The third kappa shape index (κ3) is 4.14. The molecular weight excluding hydrogens is 255 g/mol. The zero-order valence-electron chi connectivity index (χ0n) is 10.2. The Morgan fingerprint density at radius 1 is 1.35 bits per heavy atom. The van der Waals surface area contributed by atoms with E-state index in [1.807, 2.05) is 6.07 Å². The van der Waals surface area contributed by atoms with Gasteiger partial charge in [-0.2, -0.15) is 0 Å². The Kier molecular flexibility index (Phi) is 5.74. The average Bonchev–Trinajstić information content (AvgIpc) is 2.27. The van der Waals surface area contributed by atoms with Gasteiger partial charge in [-0.15, -0.1) is 12.4 Å². The molecule has 17 heavy (non-hydrogen) atoms. The van der Waals surface area contributed by atoms with Crippen molar-refractivity contribution in [1.82, 2.24) is 4.90 Å². The minimum absolute atomic E-state index is 0. The van der Waals surface area contributed by atoms with E-state index in [-0.39, 0.29) is 12.4 Å². The summed E-state index contributed by atoms with van der Waals surface area (Å²) in [4.78, 5) is 2.46. The molecule has 0 atom stereocenters. The summed E-state index contributed by atoms with van der Waals surface area (Å²) in [6.45, 7) is 5.30. The Morgan fingerprint density at radius 2 is 2.00 bits per heavy atom. The average molecular weight is 275 g/mol. The summed E-state index contributed by atoms with van der Waals surface area (Å²) in [5, 5.41) is 0.851. The summed E-state index contributed by atoms with van der Waals surface area (Å²) >= 11 is 6.01. The van der Waals surface area contributed by atoms with Gasteiger partial charge in [0.2, 0.25) is 0 Å². The van der Waals surface area contributed by atoms with Crippen molar-refractivity contribution in [3.63, 3.8) is 0 Å². The van der Waals surface area contributed by atoms with Gasteiger partial charge in [-0.25, -0.2) is 0 Å². The highest BCUT2D eigenvalue weighted by Gasteiger charge is 2.15. The molecule has 0 bridgehead atoms. The fraction of sp³-hybridized carbons (Fsp3) is 0.538. The molecule has 0 aliphatic carbocycles. The van der Waals surface area contributed by atoms with Crippen molar-refractivity contribution in [3.05, 3.63) is 34.3 Å². The molecule has 0 spiro atoms. The van der Waals surface area contributed by atoms with Gasteiger partial charge in [-0.1, -0.05) is 23.7 Å². The van der Waals surface area contributed by atoms with E-state index in [4.69, 9.17) is 17.3 Å². The molecule has 1 aliphatic rings. The number of hydrogen-bond donors (Lipinski definition) is 1. The molecule has 1 heterocycles. The minimum atomic E-state index is 0. The third-order valence-corrected chi connectivity index (χ3v) is 3.68. The molecule has 1 aliphatic heterocycles. The second-order valence-electron chi connectivity index (χ2n) is 4.70. The number of benzene rings is 1. The van der Waals surface area contributed by atoms with Crippen molar-refractivity contribution in [2.45, 2.75) is 32.4 Å². The Bertz CT molecular complexity index is 360. The van der Waals surface area contributed by atoms with E-state index in [2.05, 4.69) is 24.0 Å². The van der Waals surface area contributed by atoms with Crippen LogP contribution >= 0.6 is 24.0 Å². The lowest BCUT2D eigenvalue weighted by atomic mass is 10.0. The van der Waals surface area contributed by atoms with Crippen LogP contribution < -0.4 is 5.73 Å². The van der Waals surface area contributed by atoms with Gasteiger partial charge in [0.1, 0.15) is 0 Å². The Morgan fingerprint density at radius 3 is 2.59 bits per heavy atom. The molecule has 0 amide bonds. The molecule has 96 valence electrons. The summed E-state index contributed by atoms with van der Waals surface area (Å²) in [5.74, 6) is 0. The molecule has 1 aromatic rings. The van der Waals surface area contributed by atoms with Crippen LogP contribution in [0.3, 0.4) is 0 Å². The van der Waals surface area contributed by atoms with Gasteiger partial charge >= 0.3 is 0 Å². The number of hydrogen-bond acceptors (Lipinski definition) is 2. The monoisotopic (exact) mass is 274 g/mol. The van der Waals surface area contributed by atoms with Gasteiger partial charge < -0.3 is 5.73 Å². The number of halogens is 2. The van der Waals surface area contributed by atoms with Crippen LogP contribution in [0, 0.1) is 6.92 Å². The largest absolute Gasteiger partial charge is 0.328 e. The van der Waals surface area contributed by atoms with Crippen LogP contribution in [0.25, 0.3) is 0 Å². The number of nitrogens with two attached hydrogens (primary N) is 1. The van der Waals surface area contributed by atoms with Crippen LogP contribution in [0.2, 0.25) is 5.02 Å². The lowest BCUT2D eigenvalue weighted by Crippen LogP contribution is -2.39. The molecule has 1 saturated heterocycles. The number of rotatable bonds is 2. The molecule has 0 radical (unpaired) electrons. The standard InChI is InChI=1S/C13H19ClN2.ClH/c1-10-8-11(2-3-13(10)14)9-16-6-4-12(15)5-7-16;/h2-3,8,12H,4-7,9,15H2,1H3;1H. The lowest BCUT2D eigenvalue weighted by Gasteiger charge is -2.30. The van der Waals surface area contributed by atoms with Crippen molar-refractivity contribution in [1.29, 1.82) is 0 Å². The van der Waals surface area contributed by atoms with Gasteiger partial charge in [-0.05, 0) is 50.0 Å². The smallest absolute Gasteiger partial charge is 0.0435 e. The van der Waals surface area contributed by atoms with Crippen LogP contribution in [0.1, 0.15) is 24.0 Å². The number of nitrogens with zero attached hydrogens (tertiary/aromatic N) is 1. The molecule has 1 aromatic carbocycles. The summed E-state index contributed by atoms with van der Waals surface area (Å²) in [6, 6.07) is 6.69. The van der Waals surface area contributed by atoms with E-state index in [0.29, 0.717) is 6.04 Å². The summed E-state index contributed by atoms with van der Waals surface area (Å²) in [5.41, 5.74) is 8.40. The maximum Gasteiger partial charge on any atom is 0.0435 e. The van der Waals surface area contributed by atoms with Crippen molar-refractivity contribution >= 4 is 24.0 Å². The molecule has 2 N–H and O–H groups in total. The second kappa shape index (κ2) is 6.60. The molecule has 1 fully saturated rings. The zero-order chi connectivity index (χ0) is 11.5. The maximum absolute atomic E-state index is 6.01. The van der Waals surface area contributed by atoms with Crippen LogP contribution in [0.5, 0.6) is 0 Å². The number of piperidine rings is 1. The first-order valence-corrected chi connectivity index (χ1v) is 6.26. The Balaban J connectivity index is 0.00000144. The van der Waals surface area contributed by atoms with Crippen molar-refractivity contribution in [2.24, 2.45) is 5.73 Å². The first-order chi connectivity index (χ1) is 7.65. The molecule has 2 rings (SSSR count). The summed E-state index contributed by atoms with van der Waals surface area (Å²) in [6.07, 6.45) is 2.24. The van der Waals surface area contributed by atoms with Gasteiger partial charge in [0.05, 0.1) is 0 Å². The third-order valence-electron chi connectivity index (χ3n) is 3.26. The quantitative estimate of drug-likeness (QED) is 0.899. The second-order valence-corrected chi connectivity index (χ2v) is 5.10. The first kappa shape index (κ1) is 14.8. The molecule has 0 aromatic heterocycles. The normalized spacial score (nSPS) is 17.8. The van der Waals surface area contributed by atoms with Crippen LogP contribution in [-0.4, -0.2) is 24.0 Å². The summed E-state index contributed by atoms with van der Waals surface area (Å²) in [7, 11) is 0. The Labute approximate surface area is 115 Å². The number of likely N-dealkylation sites (tertiary alicyclic amines) is 1. The Hall–Kier alpha value is -0.280. The minimum Gasteiger partial charge on any atom is -0.328 e. The zero-order valence-corrected chi connectivity index (χ0v) is 11.7. The molecule has 2 nitrogen and oxygen atoms in total. The van der Waals surface area contributed by atoms with E-state index in [1.54, 1.807) is 0 Å². The van der Waals surface area contributed by atoms with E-state index in [1.165, 1.54) is 5.56 Å². The predicted octanol–water partition coefficient (Wildman–Crippen LogP) is 2.99. The fourth-order valence-corrected chi connectivity index (χ4v) is 2.29. The highest BCUT2D eigenvalue weighted by Crippen LogP contribution is 2.18. The van der Waals surface area contributed by atoms with Gasteiger partial charge in [0.15, 0.2) is 0 Å². The van der Waals surface area contributed by atoms with Crippen molar-refractivity contribution < 1.29 is 0 Å².